The number of carboxylic acids is 1. The molecular weight excluding hydrogens is 393 g/mol. The highest BCUT2D eigenvalue weighted by atomic mass is 35.5. The van der Waals surface area contributed by atoms with Crippen molar-refractivity contribution in [2.45, 2.75) is 4.90 Å². The molecule has 2 aromatic carbocycles. The lowest BCUT2D eigenvalue weighted by atomic mass is 10.3. The highest BCUT2D eigenvalue weighted by Gasteiger charge is 2.23. The van der Waals surface area contributed by atoms with E-state index >= 15 is 0 Å². The van der Waals surface area contributed by atoms with Crippen LogP contribution in [0.15, 0.2) is 41.3 Å². The lowest BCUT2D eigenvalue weighted by molar-refractivity contribution is -0.139. The fourth-order valence-corrected chi connectivity index (χ4v) is 3.57. The third-order valence-corrected chi connectivity index (χ3v) is 5.17. The Bertz CT molecular complexity index is 884. The molecule has 10 heteroatoms. The standard InChI is InChI=1S/C15H13Cl2NO6S/c1-23-15-12(7-6-11(16)14(15)17)25(21,22)18-9-2-4-10(5-3-9)24-8-13(19)20/h2-7,18H,8H2,1H3,(H,19,20). The predicted octanol–water partition coefficient (Wildman–Crippen LogP) is 3.27. The SMILES string of the molecule is COc1c(S(=O)(=O)Nc2ccc(OCC(=O)O)cc2)ccc(Cl)c1Cl. The molecule has 2 aromatic rings. The molecule has 0 aliphatic heterocycles. The summed E-state index contributed by atoms with van der Waals surface area (Å²) in [6.07, 6.45) is 0. The van der Waals surface area contributed by atoms with Gasteiger partial charge < -0.3 is 14.6 Å². The van der Waals surface area contributed by atoms with Crippen LogP contribution < -0.4 is 14.2 Å². The molecule has 0 radical (unpaired) electrons. The Morgan fingerprint density at radius 3 is 2.36 bits per heavy atom. The van der Waals surface area contributed by atoms with E-state index in [2.05, 4.69) is 4.72 Å². The summed E-state index contributed by atoms with van der Waals surface area (Å²) < 4.78 is 37.5. The van der Waals surface area contributed by atoms with Gasteiger partial charge in [0.2, 0.25) is 0 Å². The molecule has 0 unspecified atom stereocenters. The number of sulfonamides is 1. The summed E-state index contributed by atoms with van der Waals surface area (Å²) in [5, 5.41) is 8.71. The summed E-state index contributed by atoms with van der Waals surface area (Å²) >= 11 is 11.8. The van der Waals surface area contributed by atoms with Crippen molar-refractivity contribution in [2.75, 3.05) is 18.4 Å². The van der Waals surface area contributed by atoms with Gasteiger partial charge in [-0.1, -0.05) is 23.2 Å². The van der Waals surface area contributed by atoms with Crippen LogP contribution in [-0.2, 0) is 14.8 Å². The van der Waals surface area contributed by atoms with Gasteiger partial charge in [-0.3, -0.25) is 4.72 Å². The smallest absolute Gasteiger partial charge is 0.341 e. The highest BCUT2D eigenvalue weighted by molar-refractivity contribution is 7.92. The van der Waals surface area contributed by atoms with E-state index in [9.17, 15) is 13.2 Å². The highest BCUT2D eigenvalue weighted by Crippen LogP contribution is 2.38. The van der Waals surface area contributed by atoms with Crippen molar-refractivity contribution in [3.8, 4) is 11.5 Å². The Morgan fingerprint density at radius 1 is 1.16 bits per heavy atom. The van der Waals surface area contributed by atoms with Crippen LogP contribution >= 0.6 is 23.2 Å². The molecule has 0 aromatic heterocycles. The number of carbonyl (C=O) groups is 1. The molecule has 0 saturated carbocycles. The number of nitrogens with one attached hydrogen (secondary N) is 1. The fraction of sp³-hybridized carbons (Fsp3) is 0.133. The van der Waals surface area contributed by atoms with E-state index in [1.807, 2.05) is 0 Å². The molecule has 0 aliphatic rings. The number of ether oxygens (including phenoxy) is 2. The second-order valence-electron chi connectivity index (χ2n) is 4.71. The maximum atomic E-state index is 12.5. The summed E-state index contributed by atoms with van der Waals surface area (Å²) in [5.74, 6) is -0.892. The average molecular weight is 406 g/mol. The third-order valence-electron chi connectivity index (χ3n) is 2.98. The van der Waals surface area contributed by atoms with E-state index in [0.717, 1.165) is 0 Å². The van der Waals surface area contributed by atoms with Gasteiger partial charge in [0.1, 0.15) is 15.7 Å². The second kappa shape index (κ2) is 7.81. The predicted molar refractivity (Wildman–Crippen MR) is 93.4 cm³/mol. The molecular formula is C15H13Cl2NO6S. The van der Waals surface area contributed by atoms with Gasteiger partial charge in [0, 0.05) is 5.69 Å². The van der Waals surface area contributed by atoms with Gasteiger partial charge in [-0.15, -0.1) is 0 Å². The molecule has 2 N–H and O–H groups in total. The second-order valence-corrected chi connectivity index (χ2v) is 7.14. The number of halogens is 2. The maximum absolute atomic E-state index is 12.5. The summed E-state index contributed by atoms with van der Waals surface area (Å²) in [6, 6.07) is 8.36. The molecule has 0 heterocycles. The van der Waals surface area contributed by atoms with E-state index < -0.39 is 22.6 Å². The number of carboxylic acid groups (broad SMARTS) is 1. The average Bonchev–Trinajstić information content (AvgIpc) is 2.56. The molecule has 0 aliphatic carbocycles. The van der Waals surface area contributed by atoms with Crippen molar-refractivity contribution in [3.63, 3.8) is 0 Å². The quantitative estimate of drug-likeness (QED) is 0.732. The minimum atomic E-state index is -3.99. The number of benzene rings is 2. The monoisotopic (exact) mass is 405 g/mol. The molecule has 134 valence electrons. The van der Waals surface area contributed by atoms with Crippen LogP contribution in [0.4, 0.5) is 5.69 Å². The van der Waals surface area contributed by atoms with Crippen molar-refractivity contribution < 1.29 is 27.8 Å². The first-order valence-corrected chi connectivity index (χ1v) is 8.98. The molecule has 0 fully saturated rings. The first-order chi connectivity index (χ1) is 11.7. The van der Waals surface area contributed by atoms with Gasteiger partial charge in [0.05, 0.1) is 12.1 Å². The zero-order valence-electron chi connectivity index (χ0n) is 12.8. The van der Waals surface area contributed by atoms with Crippen LogP contribution in [0.3, 0.4) is 0 Å². The Hall–Kier alpha value is -2.16. The first-order valence-electron chi connectivity index (χ1n) is 6.74. The van der Waals surface area contributed by atoms with Crippen molar-refractivity contribution >= 4 is 44.9 Å². The molecule has 0 bridgehead atoms. The van der Waals surface area contributed by atoms with E-state index in [0.29, 0.717) is 0 Å². The van der Waals surface area contributed by atoms with Crippen LogP contribution in [0.25, 0.3) is 0 Å². The Balaban J connectivity index is 2.25. The normalized spacial score (nSPS) is 11.0. The number of hydrogen-bond acceptors (Lipinski definition) is 5. The zero-order chi connectivity index (χ0) is 18.6. The van der Waals surface area contributed by atoms with E-state index in [1.54, 1.807) is 0 Å². The molecule has 0 spiro atoms. The minimum Gasteiger partial charge on any atom is -0.494 e. The first kappa shape index (κ1) is 19.2. The van der Waals surface area contributed by atoms with Crippen LogP contribution in [0.2, 0.25) is 10.0 Å². The number of rotatable bonds is 7. The van der Waals surface area contributed by atoms with Crippen LogP contribution in [-0.4, -0.2) is 33.2 Å². The largest absolute Gasteiger partial charge is 0.494 e. The van der Waals surface area contributed by atoms with E-state index in [1.165, 1.54) is 43.5 Å². The molecule has 0 amide bonds. The number of aliphatic carboxylic acids is 1. The molecule has 25 heavy (non-hydrogen) atoms. The summed E-state index contributed by atoms with van der Waals surface area (Å²) in [6.45, 7) is -0.494. The molecule has 2 rings (SSSR count). The van der Waals surface area contributed by atoms with Crippen molar-refractivity contribution in [1.82, 2.24) is 0 Å². The summed E-state index contributed by atoms with van der Waals surface area (Å²) in [5.41, 5.74) is 0.246. The number of anilines is 1. The van der Waals surface area contributed by atoms with Gasteiger partial charge in [0.25, 0.3) is 10.0 Å². The lowest BCUT2D eigenvalue weighted by Crippen LogP contribution is -2.14. The third kappa shape index (κ3) is 4.68. The van der Waals surface area contributed by atoms with Crippen LogP contribution in [0, 0.1) is 0 Å². The van der Waals surface area contributed by atoms with Gasteiger partial charge in [-0.05, 0) is 36.4 Å². The van der Waals surface area contributed by atoms with Crippen molar-refractivity contribution in [3.05, 3.63) is 46.4 Å². The van der Waals surface area contributed by atoms with E-state index in [4.69, 9.17) is 37.8 Å². The maximum Gasteiger partial charge on any atom is 0.341 e. The van der Waals surface area contributed by atoms with Crippen LogP contribution in [0.5, 0.6) is 11.5 Å². The fourth-order valence-electron chi connectivity index (χ4n) is 1.89. The Kier molecular flexibility index (Phi) is 5.99. The van der Waals surface area contributed by atoms with Gasteiger partial charge in [-0.2, -0.15) is 0 Å². The Morgan fingerprint density at radius 2 is 1.80 bits per heavy atom. The molecule has 0 saturated heterocycles. The number of hydrogen-bond donors (Lipinski definition) is 2. The van der Waals surface area contributed by atoms with Gasteiger partial charge in [-0.25, -0.2) is 13.2 Å². The van der Waals surface area contributed by atoms with Crippen LogP contribution in [0.1, 0.15) is 0 Å². The van der Waals surface area contributed by atoms with Crippen molar-refractivity contribution in [2.24, 2.45) is 0 Å². The zero-order valence-corrected chi connectivity index (χ0v) is 15.2. The van der Waals surface area contributed by atoms with Crippen molar-refractivity contribution in [1.29, 1.82) is 0 Å². The lowest BCUT2D eigenvalue weighted by Gasteiger charge is -2.13. The number of methoxy groups -OCH3 is 1. The van der Waals surface area contributed by atoms with E-state index in [-0.39, 0.29) is 32.1 Å². The van der Waals surface area contributed by atoms with Gasteiger partial charge in [0.15, 0.2) is 12.4 Å². The van der Waals surface area contributed by atoms with Gasteiger partial charge >= 0.3 is 5.97 Å². The molecule has 7 nitrogen and oxygen atoms in total. The minimum absolute atomic E-state index is 0.00976. The summed E-state index contributed by atoms with van der Waals surface area (Å²) in [4.78, 5) is 10.3. The summed E-state index contributed by atoms with van der Waals surface area (Å²) in [7, 11) is -2.70. The molecule has 0 atom stereocenters. The topological polar surface area (TPSA) is 102 Å². The Labute approximate surface area is 154 Å².